The summed E-state index contributed by atoms with van der Waals surface area (Å²) < 4.78 is 9.59. The third-order valence-corrected chi connectivity index (χ3v) is 5.26. The Balaban J connectivity index is 1.37. The normalized spacial score (nSPS) is 12.1. The second-order valence-corrected chi connectivity index (χ2v) is 7.31. The highest BCUT2D eigenvalue weighted by atomic mass is 32.1. The van der Waals surface area contributed by atoms with Gasteiger partial charge in [0.15, 0.2) is 0 Å². The molecule has 0 saturated carbocycles. The van der Waals surface area contributed by atoms with Crippen LogP contribution in [0.5, 0.6) is 5.75 Å². The lowest BCUT2D eigenvalue weighted by Gasteiger charge is -2.12. The summed E-state index contributed by atoms with van der Waals surface area (Å²) in [4.78, 5) is 8.74. The number of hydrogen-bond donors (Lipinski definition) is 2. The Labute approximate surface area is 167 Å². The van der Waals surface area contributed by atoms with Crippen LogP contribution in [-0.2, 0) is 6.42 Å². The predicted octanol–water partition coefficient (Wildman–Crippen LogP) is 3.74. The Kier molecular flexibility index (Phi) is 5.45. The zero-order valence-corrected chi connectivity index (χ0v) is 16.3. The van der Waals surface area contributed by atoms with Gasteiger partial charge in [0.05, 0.1) is 7.11 Å². The van der Waals surface area contributed by atoms with Gasteiger partial charge >= 0.3 is 0 Å². The Morgan fingerprint density at radius 2 is 1.96 bits per heavy atom. The molecule has 0 amide bonds. The van der Waals surface area contributed by atoms with Crippen molar-refractivity contribution in [1.82, 2.24) is 14.3 Å². The van der Waals surface area contributed by atoms with E-state index in [0.717, 1.165) is 33.5 Å². The maximum atomic E-state index is 6.25. The number of ether oxygens (including phenoxy) is 1. The van der Waals surface area contributed by atoms with E-state index in [2.05, 4.69) is 31.8 Å². The largest absolute Gasteiger partial charge is 0.497 e. The molecular weight excluding hydrogens is 370 g/mol. The topological polar surface area (TPSA) is 86.0 Å². The lowest BCUT2D eigenvalue weighted by atomic mass is 10.1. The molecule has 0 spiro atoms. The van der Waals surface area contributed by atoms with E-state index in [4.69, 9.17) is 10.5 Å². The minimum Gasteiger partial charge on any atom is -0.497 e. The van der Waals surface area contributed by atoms with Gasteiger partial charge in [-0.2, -0.15) is 9.36 Å². The fourth-order valence-electron chi connectivity index (χ4n) is 2.99. The number of aromatic nitrogens is 3. The first-order valence-electron chi connectivity index (χ1n) is 9.01. The third-order valence-electron chi connectivity index (χ3n) is 4.49. The van der Waals surface area contributed by atoms with Gasteiger partial charge in [0.25, 0.3) is 0 Å². The van der Waals surface area contributed by atoms with Crippen LogP contribution >= 0.6 is 11.5 Å². The Morgan fingerprint density at radius 1 is 1.11 bits per heavy atom. The quantitative estimate of drug-likeness (QED) is 0.499. The summed E-state index contributed by atoms with van der Waals surface area (Å²) >= 11 is 1.38. The van der Waals surface area contributed by atoms with E-state index in [1.807, 2.05) is 42.6 Å². The van der Waals surface area contributed by atoms with Crippen molar-refractivity contribution in [3.63, 3.8) is 0 Å². The van der Waals surface area contributed by atoms with Crippen molar-refractivity contribution < 1.29 is 4.74 Å². The highest BCUT2D eigenvalue weighted by molar-refractivity contribution is 7.09. The van der Waals surface area contributed by atoms with Crippen molar-refractivity contribution in [2.24, 2.45) is 5.73 Å². The van der Waals surface area contributed by atoms with Gasteiger partial charge in [-0.25, -0.2) is 0 Å². The van der Waals surface area contributed by atoms with Gasteiger partial charge < -0.3 is 15.8 Å². The van der Waals surface area contributed by atoms with E-state index in [1.165, 1.54) is 17.1 Å². The second-order valence-electron chi connectivity index (χ2n) is 6.55. The molecule has 0 aliphatic carbocycles. The Hall–Kier alpha value is -3.03. The summed E-state index contributed by atoms with van der Waals surface area (Å²) in [6.07, 6.45) is 4.42. The second kappa shape index (κ2) is 8.33. The summed E-state index contributed by atoms with van der Waals surface area (Å²) in [6, 6.07) is 16.1. The van der Waals surface area contributed by atoms with Crippen LogP contribution in [0.15, 0.2) is 60.9 Å². The molecule has 0 unspecified atom stereocenters. The van der Waals surface area contributed by atoms with E-state index >= 15 is 0 Å². The van der Waals surface area contributed by atoms with Gasteiger partial charge in [0, 0.05) is 35.9 Å². The number of fused-ring (bicyclic) bond motifs is 1. The van der Waals surface area contributed by atoms with E-state index in [-0.39, 0.29) is 6.04 Å². The van der Waals surface area contributed by atoms with Crippen LogP contribution in [-0.4, -0.2) is 34.0 Å². The van der Waals surface area contributed by atoms with Crippen LogP contribution in [0, 0.1) is 0 Å². The molecule has 28 heavy (non-hydrogen) atoms. The molecule has 6 nitrogen and oxygen atoms in total. The number of rotatable bonds is 7. The molecule has 0 radical (unpaired) electrons. The molecule has 142 valence electrons. The molecule has 3 N–H and O–H groups in total. The van der Waals surface area contributed by atoms with Crippen LogP contribution in [0.4, 0.5) is 5.95 Å². The van der Waals surface area contributed by atoms with Crippen LogP contribution in [0.25, 0.3) is 21.3 Å². The van der Waals surface area contributed by atoms with Crippen LogP contribution in [0.3, 0.4) is 0 Å². The predicted molar refractivity (Wildman–Crippen MR) is 114 cm³/mol. The first kappa shape index (κ1) is 18.3. The summed E-state index contributed by atoms with van der Waals surface area (Å²) in [5.74, 6) is 1.46. The van der Waals surface area contributed by atoms with Gasteiger partial charge in [-0.3, -0.25) is 4.98 Å². The molecule has 0 bridgehead atoms. The van der Waals surface area contributed by atoms with Gasteiger partial charge in [-0.1, -0.05) is 24.3 Å². The van der Waals surface area contributed by atoms with E-state index in [1.54, 1.807) is 13.3 Å². The van der Waals surface area contributed by atoms with Crippen LogP contribution in [0.2, 0.25) is 0 Å². The molecule has 7 heteroatoms. The molecule has 4 aromatic rings. The van der Waals surface area contributed by atoms with Crippen LogP contribution in [0.1, 0.15) is 5.56 Å². The Morgan fingerprint density at radius 3 is 2.79 bits per heavy atom. The first-order chi connectivity index (χ1) is 13.7. The van der Waals surface area contributed by atoms with Crippen molar-refractivity contribution in [3.8, 4) is 16.3 Å². The van der Waals surface area contributed by atoms with Crippen molar-refractivity contribution in [3.05, 3.63) is 66.5 Å². The molecular formula is C21H21N5OS. The molecule has 0 saturated heterocycles. The number of nitrogens with one attached hydrogen (secondary N) is 1. The molecule has 1 atom stereocenters. The van der Waals surface area contributed by atoms with Crippen LogP contribution < -0.4 is 15.8 Å². The molecule has 2 aromatic carbocycles. The third kappa shape index (κ3) is 4.27. The first-order valence-corrected chi connectivity index (χ1v) is 9.79. The van der Waals surface area contributed by atoms with Crippen molar-refractivity contribution >= 4 is 28.3 Å². The number of methoxy groups -OCH3 is 1. The number of nitrogens with zero attached hydrogens (tertiary/aromatic N) is 3. The molecule has 2 aromatic heterocycles. The number of nitrogens with two attached hydrogens (primary N) is 1. The zero-order valence-electron chi connectivity index (χ0n) is 15.5. The maximum Gasteiger partial charge on any atom is 0.235 e. The lowest BCUT2D eigenvalue weighted by molar-refractivity contribution is 0.414. The average Bonchev–Trinajstić information content (AvgIpc) is 3.21. The monoisotopic (exact) mass is 391 g/mol. The Bertz CT molecular complexity index is 1060. The van der Waals surface area contributed by atoms with E-state index in [0.29, 0.717) is 12.5 Å². The van der Waals surface area contributed by atoms with Gasteiger partial charge in [-0.15, -0.1) is 0 Å². The molecule has 0 fully saturated rings. The number of hydrogen-bond acceptors (Lipinski definition) is 7. The van der Waals surface area contributed by atoms with E-state index < -0.39 is 0 Å². The number of anilines is 1. The van der Waals surface area contributed by atoms with E-state index in [9.17, 15) is 0 Å². The van der Waals surface area contributed by atoms with Crippen molar-refractivity contribution in [2.75, 3.05) is 19.0 Å². The summed E-state index contributed by atoms with van der Waals surface area (Å²) in [5.41, 5.74) is 8.47. The molecule has 0 aliphatic rings. The number of pyridine rings is 1. The molecule has 0 aliphatic heterocycles. The fraction of sp³-hybridized carbons (Fsp3) is 0.190. The summed E-state index contributed by atoms with van der Waals surface area (Å²) in [5, 5.41) is 6.37. The average molecular weight is 392 g/mol. The minimum atomic E-state index is -0.0338. The SMILES string of the molecule is COc1ccc(C[C@H](N)CNc2nsc(-c3ccc4cnccc4c3)n2)cc1. The standard InChI is InChI=1S/C21H21N5OS/c1-27-19-6-2-14(3-7-19)10-18(22)13-24-21-25-20(28-26-21)16-4-5-17-12-23-9-8-15(17)11-16/h2-9,11-12,18H,10,13,22H2,1H3,(H,24,26)/t18-/m0/s1. The summed E-state index contributed by atoms with van der Waals surface area (Å²) in [6.45, 7) is 0.603. The van der Waals surface area contributed by atoms with Crippen molar-refractivity contribution in [2.45, 2.75) is 12.5 Å². The molecule has 2 heterocycles. The maximum absolute atomic E-state index is 6.25. The summed E-state index contributed by atoms with van der Waals surface area (Å²) in [7, 11) is 1.66. The smallest absolute Gasteiger partial charge is 0.235 e. The highest BCUT2D eigenvalue weighted by Crippen LogP contribution is 2.26. The van der Waals surface area contributed by atoms with Gasteiger partial charge in [-0.05, 0) is 53.2 Å². The minimum absolute atomic E-state index is 0.0338. The molecule has 4 rings (SSSR count). The highest BCUT2D eigenvalue weighted by Gasteiger charge is 2.10. The lowest BCUT2D eigenvalue weighted by Crippen LogP contribution is -2.31. The van der Waals surface area contributed by atoms with Gasteiger partial charge in [0.1, 0.15) is 10.8 Å². The van der Waals surface area contributed by atoms with Gasteiger partial charge in [0.2, 0.25) is 5.95 Å². The fourth-order valence-corrected chi connectivity index (χ4v) is 3.63. The number of benzene rings is 2. The zero-order chi connectivity index (χ0) is 19.3. The van der Waals surface area contributed by atoms with Crippen molar-refractivity contribution in [1.29, 1.82) is 0 Å².